The second kappa shape index (κ2) is 5.67. The average molecular weight is 279 g/mol. The Morgan fingerprint density at radius 2 is 2.44 bits per heavy atom. The Morgan fingerprint density at radius 1 is 1.75 bits per heavy atom. The fourth-order valence-corrected chi connectivity index (χ4v) is 3.64. The normalized spacial score (nSPS) is 13.6. The highest BCUT2D eigenvalue weighted by Gasteiger charge is 2.20. The van der Waals surface area contributed by atoms with Gasteiger partial charge in [-0.2, -0.15) is 0 Å². The minimum Gasteiger partial charge on any atom is -0.392 e. The first-order chi connectivity index (χ1) is 7.44. The van der Waals surface area contributed by atoms with Gasteiger partial charge in [-0.05, 0) is 6.42 Å². The molecule has 1 heterocycles. The van der Waals surface area contributed by atoms with Gasteiger partial charge in [0.25, 0.3) is 0 Å². The fraction of sp³-hybridized carbons (Fsp3) is 0.500. The van der Waals surface area contributed by atoms with Crippen LogP contribution in [-0.4, -0.2) is 24.1 Å². The first kappa shape index (κ1) is 13.5. The zero-order chi connectivity index (χ0) is 12.2. The summed E-state index contributed by atoms with van der Waals surface area (Å²) in [6.45, 7) is 1.88. The number of rotatable bonds is 6. The number of nitrogens with zero attached hydrogens (tertiary/aromatic N) is 1. The van der Waals surface area contributed by atoms with Crippen molar-refractivity contribution in [3.05, 3.63) is 16.6 Å². The van der Waals surface area contributed by atoms with Crippen LogP contribution in [0.5, 0.6) is 0 Å². The summed E-state index contributed by atoms with van der Waals surface area (Å²) in [5.41, 5.74) is 5.21. The van der Waals surface area contributed by atoms with Gasteiger partial charge in [-0.1, -0.05) is 19.1 Å². The highest BCUT2D eigenvalue weighted by Crippen LogP contribution is 2.19. The number of thiocarbonyl (C=S) groups is 1. The van der Waals surface area contributed by atoms with Crippen LogP contribution in [0.15, 0.2) is 11.6 Å². The maximum Gasteiger partial charge on any atom is 0.218 e. The van der Waals surface area contributed by atoms with Crippen LogP contribution in [0.2, 0.25) is 0 Å². The van der Waals surface area contributed by atoms with Gasteiger partial charge in [0.2, 0.25) is 10.0 Å². The van der Waals surface area contributed by atoms with Crippen molar-refractivity contribution in [2.24, 2.45) is 5.73 Å². The molecule has 0 fully saturated rings. The maximum atomic E-state index is 11.6. The van der Waals surface area contributed by atoms with Crippen LogP contribution in [0.3, 0.4) is 0 Å². The number of hydrogen-bond acceptors (Lipinski definition) is 5. The summed E-state index contributed by atoms with van der Waals surface area (Å²) < 4.78 is 25.7. The molecule has 0 saturated carbocycles. The quantitative estimate of drug-likeness (QED) is 0.752. The summed E-state index contributed by atoms with van der Waals surface area (Å²) in [7, 11) is -3.47. The first-order valence-electron chi connectivity index (χ1n) is 4.62. The van der Waals surface area contributed by atoms with Crippen LogP contribution in [0.25, 0.3) is 0 Å². The van der Waals surface area contributed by atoms with Gasteiger partial charge in [-0.25, -0.2) is 18.1 Å². The summed E-state index contributed by atoms with van der Waals surface area (Å²) in [5, 5.41) is 2.55. The molecule has 0 amide bonds. The highest BCUT2D eigenvalue weighted by molar-refractivity contribution is 7.92. The third kappa shape index (κ3) is 4.12. The smallest absolute Gasteiger partial charge is 0.218 e. The summed E-state index contributed by atoms with van der Waals surface area (Å²) in [6, 6.07) is -0.306. The van der Waals surface area contributed by atoms with Crippen molar-refractivity contribution in [1.29, 1.82) is 0 Å². The van der Waals surface area contributed by atoms with E-state index >= 15 is 0 Å². The topological polar surface area (TPSA) is 85.1 Å². The minimum atomic E-state index is -3.47. The zero-order valence-electron chi connectivity index (χ0n) is 8.71. The Bertz CT molecular complexity index is 441. The Kier molecular flexibility index (Phi) is 4.78. The lowest BCUT2D eigenvalue weighted by Crippen LogP contribution is -2.34. The van der Waals surface area contributed by atoms with Gasteiger partial charge in [0.1, 0.15) is 10.8 Å². The van der Waals surface area contributed by atoms with Gasteiger partial charge in [0, 0.05) is 11.6 Å². The van der Waals surface area contributed by atoms with Crippen LogP contribution in [0.4, 0.5) is 0 Å². The van der Waals surface area contributed by atoms with E-state index in [4.69, 9.17) is 5.73 Å². The van der Waals surface area contributed by atoms with Gasteiger partial charge >= 0.3 is 0 Å². The number of nitrogens with two attached hydrogens (primary N) is 1. The molecule has 1 atom stereocenters. The second-order valence-corrected chi connectivity index (χ2v) is 6.38. The largest absolute Gasteiger partial charge is 0.392 e. The van der Waals surface area contributed by atoms with E-state index in [-0.39, 0.29) is 16.8 Å². The highest BCUT2D eigenvalue weighted by atomic mass is 32.2. The second-order valence-electron chi connectivity index (χ2n) is 3.17. The van der Waals surface area contributed by atoms with Crippen molar-refractivity contribution in [2.45, 2.75) is 19.4 Å². The summed E-state index contributed by atoms with van der Waals surface area (Å²) in [6.07, 6.45) is 2.27. The van der Waals surface area contributed by atoms with Crippen LogP contribution in [0, 0.1) is 0 Å². The number of hydrogen-bond donors (Lipinski definition) is 2. The van der Waals surface area contributed by atoms with Gasteiger partial charge < -0.3 is 5.73 Å². The van der Waals surface area contributed by atoms with Crippen molar-refractivity contribution in [2.75, 3.05) is 5.75 Å². The lowest BCUT2D eigenvalue weighted by molar-refractivity contribution is 0.552. The third-order valence-electron chi connectivity index (χ3n) is 1.81. The van der Waals surface area contributed by atoms with E-state index in [0.717, 1.165) is 5.01 Å². The number of nitrogens with one attached hydrogen (secondary N) is 1. The fourth-order valence-electron chi connectivity index (χ4n) is 1.16. The SMILES string of the molecule is CCC(NS(=O)(=O)CC(N)=S)c1nccs1. The van der Waals surface area contributed by atoms with Crippen molar-refractivity contribution in [3.8, 4) is 0 Å². The molecule has 1 aromatic rings. The maximum absolute atomic E-state index is 11.6. The molecule has 0 aromatic carbocycles. The molecule has 0 radical (unpaired) electrons. The molecule has 0 aliphatic heterocycles. The van der Waals surface area contributed by atoms with E-state index in [9.17, 15) is 8.42 Å². The molecular weight excluding hydrogens is 266 g/mol. The van der Waals surface area contributed by atoms with E-state index in [2.05, 4.69) is 21.9 Å². The van der Waals surface area contributed by atoms with E-state index in [0.29, 0.717) is 6.42 Å². The molecule has 90 valence electrons. The number of sulfonamides is 1. The molecular formula is C8H13N3O2S3. The Hall–Kier alpha value is -0.570. The predicted molar refractivity (Wildman–Crippen MR) is 68.9 cm³/mol. The monoisotopic (exact) mass is 279 g/mol. The lowest BCUT2D eigenvalue weighted by atomic mass is 10.3. The molecule has 0 bridgehead atoms. The molecule has 8 heteroatoms. The van der Waals surface area contributed by atoms with Crippen LogP contribution < -0.4 is 10.5 Å². The van der Waals surface area contributed by atoms with E-state index in [1.165, 1.54) is 11.3 Å². The molecule has 0 aliphatic carbocycles. The lowest BCUT2D eigenvalue weighted by Gasteiger charge is -2.14. The number of thiazole rings is 1. The molecule has 0 saturated heterocycles. The van der Waals surface area contributed by atoms with Crippen LogP contribution in [0.1, 0.15) is 24.4 Å². The summed E-state index contributed by atoms with van der Waals surface area (Å²) in [4.78, 5) is 4.04. The summed E-state index contributed by atoms with van der Waals surface area (Å²) in [5.74, 6) is -0.329. The van der Waals surface area contributed by atoms with E-state index in [1.54, 1.807) is 11.6 Å². The van der Waals surface area contributed by atoms with Crippen molar-refractivity contribution in [3.63, 3.8) is 0 Å². The molecule has 1 aromatic heterocycles. The van der Waals surface area contributed by atoms with E-state index in [1.807, 2.05) is 6.92 Å². The van der Waals surface area contributed by atoms with Crippen molar-refractivity contribution >= 4 is 38.6 Å². The van der Waals surface area contributed by atoms with Crippen molar-refractivity contribution < 1.29 is 8.42 Å². The van der Waals surface area contributed by atoms with Gasteiger partial charge in [0.15, 0.2) is 0 Å². The first-order valence-corrected chi connectivity index (χ1v) is 7.56. The van der Waals surface area contributed by atoms with Gasteiger partial charge in [-0.15, -0.1) is 11.3 Å². The molecule has 1 rings (SSSR count). The Labute approximate surface area is 104 Å². The van der Waals surface area contributed by atoms with Crippen LogP contribution in [-0.2, 0) is 10.0 Å². The summed E-state index contributed by atoms with van der Waals surface area (Å²) >= 11 is 5.99. The Balaban J connectivity index is 2.75. The van der Waals surface area contributed by atoms with Gasteiger partial charge in [0.05, 0.1) is 11.0 Å². The van der Waals surface area contributed by atoms with Gasteiger partial charge in [-0.3, -0.25) is 0 Å². The predicted octanol–water partition coefficient (Wildman–Crippen LogP) is 0.800. The number of aromatic nitrogens is 1. The molecule has 0 spiro atoms. The molecule has 1 unspecified atom stereocenters. The molecule has 16 heavy (non-hydrogen) atoms. The van der Waals surface area contributed by atoms with E-state index < -0.39 is 10.0 Å². The zero-order valence-corrected chi connectivity index (χ0v) is 11.2. The third-order valence-corrected chi connectivity index (χ3v) is 4.36. The van der Waals surface area contributed by atoms with Crippen molar-refractivity contribution in [1.82, 2.24) is 9.71 Å². The standard InChI is InChI=1S/C8H13N3O2S3/c1-2-6(8-10-3-4-15-8)11-16(12,13)5-7(9)14/h3-4,6,11H,2,5H2,1H3,(H2,9,14). The molecule has 0 aliphatic rings. The Morgan fingerprint density at radius 3 is 2.88 bits per heavy atom. The molecule has 3 N–H and O–H groups in total. The van der Waals surface area contributed by atoms with Crippen LogP contribution >= 0.6 is 23.6 Å². The average Bonchev–Trinajstić information content (AvgIpc) is 2.64. The minimum absolute atomic E-state index is 0.0403. The molecule has 5 nitrogen and oxygen atoms in total.